The summed E-state index contributed by atoms with van der Waals surface area (Å²) < 4.78 is 0. The summed E-state index contributed by atoms with van der Waals surface area (Å²) in [5, 5.41) is 7.05. The number of aryl methyl sites for hydroxylation is 1. The highest BCUT2D eigenvalue weighted by atomic mass is 15.2. The quantitative estimate of drug-likeness (QED) is 0.543. The van der Waals surface area contributed by atoms with Gasteiger partial charge in [-0.1, -0.05) is 36.4 Å². The topological polar surface area (TPSA) is 53.1 Å². The van der Waals surface area contributed by atoms with Gasteiger partial charge in [0.15, 0.2) is 0 Å². The number of pyridine rings is 2. The molecule has 33 heavy (non-hydrogen) atoms. The molecule has 1 aliphatic carbocycles. The number of hydrogen-bond donors (Lipinski definition) is 2. The van der Waals surface area contributed by atoms with Gasteiger partial charge in [-0.05, 0) is 80.1 Å². The molecule has 5 heteroatoms. The molecule has 3 aromatic rings. The fourth-order valence-corrected chi connectivity index (χ4v) is 5.35. The van der Waals surface area contributed by atoms with E-state index in [9.17, 15) is 0 Å². The number of nitrogens with zero attached hydrogens (tertiary/aromatic N) is 3. The highest BCUT2D eigenvalue weighted by Crippen LogP contribution is 2.36. The standard InChI is InChI=1S/C28H35N5/c1-2-15-31-25(7-1)20-30-19-22-9-11-23(12-10-22)21-33(26-13-17-29-18-14-26)27-8-3-5-24-6-4-16-32-28(24)27/h1-2,4,6-7,9-12,15-16,26-27,29-30H,3,5,8,13-14,17-21H2. The fourth-order valence-electron chi connectivity index (χ4n) is 5.35. The molecule has 3 heterocycles. The summed E-state index contributed by atoms with van der Waals surface area (Å²) in [6.45, 7) is 4.87. The zero-order valence-corrected chi connectivity index (χ0v) is 19.4. The lowest BCUT2D eigenvalue weighted by Crippen LogP contribution is -2.45. The summed E-state index contributed by atoms with van der Waals surface area (Å²) >= 11 is 0. The summed E-state index contributed by atoms with van der Waals surface area (Å²) in [5.74, 6) is 0. The molecular weight excluding hydrogens is 406 g/mol. The van der Waals surface area contributed by atoms with Crippen LogP contribution in [0.4, 0.5) is 0 Å². The number of aromatic nitrogens is 2. The second-order valence-electron chi connectivity index (χ2n) is 9.35. The molecule has 1 aliphatic heterocycles. The van der Waals surface area contributed by atoms with Gasteiger partial charge in [0, 0.05) is 38.1 Å². The van der Waals surface area contributed by atoms with E-state index in [-0.39, 0.29) is 0 Å². The molecule has 1 aromatic carbocycles. The van der Waals surface area contributed by atoms with Crippen LogP contribution < -0.4 is 10.6 Å². The number of piperidine rings is 1. The van der Waals surface area contributed by atoms with Crippen LogP contribution in [-0.4, -0.2) is 34.0 Å². The minimum absolute atomic E-state index is 0.428. The maximum atomic E-state index is 4.86. The normalized spacial score (nSPS) is 18.9. The van der Waals surface area contributed by atoms with Gasteiger partial charge in [-0.2, -0.15) is 0 Å². The fraction of sp³-hybridized carbons (Fsp3) is 0.429. The smallest absolute Gasteiger partial charge is 0.0607 e. The Labute approximate surface area is 197 Å². The maximum Gasteiger partial charge on any atom is 0.0607 e. The van der Waals surface area contributed by atoms with Crippen LogP contribution in [0.15, 0.2) is 67.0 Å². The molecule has 5 nitrogen and oxygen atoms in total. The summed E-state index contributed by atoms with van der Waals surface area (Å²) in [7, 11) is 0. The van der Waals surface area contributed by atoms with E-state index in [2.05, 4.69) is 63.0 Å². The van der Waals surface area contributed by atoms with Gasteiger partial charge in [-0.15, -0.1) is 0 Å². The summed E-state index contributed by atoms with van der Waals surface area (Å²) in [5.41, 5.74) is 6.55. The average molecular weight is 442 g/mol. The molecule has 0 radical (unpaired) electrons. The van der Waals surface area contributed by atoms with Crippen molar-refractivity contribution in [2.75, 3.05) is 13.1 Å². The lowest BCUT2D eigenvalue weighted by atomic mass is 9.88. The molecule has 0 amide bonds. The van der Waals surface area contributed by atoms with Crippen molar-refractivity contribution in [2.45, 2.75) is 63.8 Å². The molecule has 1 atom stereocenters. The van der Waals surface area contributed by atoms with Gasteiger partial charge >= 0.3 is 0 Å². The zero-order valence-electron chi connectivity index (χ0n) is 19.4. The van der Waals surface area contributed by atoms with Crippen molar-refractivity contribution < 1.29 is 0 Å². The van der Waals surface area contributed by atoms with Crippen LogP contribution in [-0.2, 0) is 26.1 Å². The number of nitrogens with one attached hydrogen (secondary N) is 2. The third kappa shape index (κ3) is 5.67. The lowest BCUT2D eigenvalue weighted by molar-refractivity contribution is 0.0861. The third-order valence-corrected chi connectivity index (χ3v) is 7.09. The molecule has 0 bridgehead atoms. The molecule has 0 spiro atoms. The average Bonchev–Trinajstić information content (AvgIpc) is 2.89. The Balaban J connectivity index is 1.27. The Morgan fingerprint density at radius 1 is 0.848 bits per heavy atom. The van der Waals surface area contributed by atoms with Crippen LogP contribution in [0, 0.1) is 0 Å². The molecule has 5 rings (SSSR count). The van der Waals surface area contributed by atoms with Crippen LogP contribution in [0.5, 0.6) is 0 Å². The Morgan fingerprint density at radius 3 is 2.48 bits per heavy atom. The van der Waals surface area contributed by atoms with Crippen molar-refractivity contribution in [1.29, 1.82) is 0 Å². The number of fused-ring (bicyclic) bond motifs is 1. The first-order chi connectivity index (χ1) is 16.4. The van der Waals surface area contributed by atoms with Gasteiger partial charge < -0.3 is 10.6 Å². The van der Waals surface area contributed by atoms with Gasteiger partial charge in [0.2, 0.25) is 0 Å². The van der Waals surface area contributed by atoms with Crippen LogP contribution >= 0.6 is 0 Å². The second-order valence-corrected chi connectivity index (χ2v) is 9.35. The van der Waals surface area contributed by atoms with E-state index in [4.69, 9.17) is 4.98 Å². The predicted molar refractivity (Wildman–Crippen MR) is 133 cm³/mol. The summed E-state index contributed by atoms with van der Waals surface area (Å²) in [4.78, 5) is 12.0. The Hall–Kier alpha value is -2.60. The first-order valence-corrected chi connectivity index (χ1v) is 12.5. The highest BCUT2D eigenvalue weighted by Gasteiger charge is 2.32. The van der Waals surface area contributed by atoms with E-state index in [1.165, 1.54) is 54.5 Å². The molecule has 1 saturated heterocycles. The Bertz CT molecular complexity index is 998. The minimum Gasteiger partial charge on any atom is -0.317 e. The first kappa shape index (κ1) is 22.2. The monoisotopic (exact) mass is 441 g/mol. The zero-order chi connectivity index (χ0) is 22.3. The van der Waals surface area contributed by atoms with E-state index >= 15 is 0 Å². The van der Waals surface area contributed by atoms with Crippen LogP contribution in [0.25, 0.3) is 0 Å². The molecular formula is C28H35N5. The SMILES string of the molecule is c1ccc(CNCc2ccc(CN(C3CCNCC3)C3CCCc4cccnc43)cc2)nc1. The van der Waals surface area contributed by atoms with Gasteiger partial charge in [-0.25, -0.2) is 0 Å². The maximum absolute atomic E-state index is 4.86. The number of hydrogen-bond acceptors (Lipinski definition) is 5. The summed E-state index contributed by atoms with van der Waals surface area (Å²) in [6.07, 6.45) is 9.89. The number of rotatable bonds is 8. The highest BCUT2D eigenvalue weighted by molar-refractivity contribution is 5.27. The van der Waals surface area contributed by atoms with Crippen molar-refractivity contribution >= 4 is 0 Å². The molecule has 172 valence electrons. The van der Waals surface area contributed by atoms with Crippen molar-refractivity contribution in [1.82, 2.24) is 25.5 Å². The van der Waals surface area contributed by atoms with Crippen molar-refractivity contribution in [3.8, 4) is 0 Å². The van der Waals surface area contributed by atoms with E-state index in [0.717, 1.165) is 38.4 Å². The molecule has 1 unspecified atom stereocenters. The van der Waals surface area contributed by atoms with Gasteiger partial charge in [0.1, 0.15) is 0 Å². The van der Waals surface area contributed by atoms with Crippen molar-refractivity contribution in [3.05, 3.63) is 95.1 Å². The van der Waals surface area contributed by atoms with Gasteiger partial charge in [0.05, 0.1) is 17.4 Å². The van der Waals surface area contributed by atoms with Crippen LogP contribution in [0.1, 0.15) is 59.8 Å². The van der Waals surface area contributed by atoms with Crippen molar-refractivity contribution in [3.63, 3.8) is 0 Å². The van der Waals surface area contributed by atoms with E-state index in [1.54, 1.807) is 0 Å². The summed E-state index contributed by atoms with van der Waals surface area (Å²) in [6, 6.07) is 20.6. The van der Waals surface area contributed by atoms with E-state index < -0.39 is 0 Å². The predicted octanol–water partition coefficient (Wildman–Crippen LogP) is 4.40. The second kappa shape index (κ2) is 11.0. The first-order valence-electron chi connectivity index (χ1n) is 12.5. The van der Waals surface area contributed by atoms with Crippen LogP contribution in [0.3, 0.4) is 0 Å². The molecule has 2 aliphatic rings. The number of benzene rings is 1. The third-order valence-electron chi connectivity index (χ3n) is 7.09. The van der Waals surface area contributed by atoms with E-state index in [0.29, 0.717) is 12.1 Å². The molecule has 1 fully saturated rings. The van der Waals surface area contributed by atoms with Crippen molar-refractivity contribution in [2.24, 2.45) is 0 Å². The molecule has 2 N–H and O–H groups in total. The molecule has 2 aromatic heterocycles. The lowest BCUT2D eigenvalue weighted by Gasteiger charge is -2.42. The molecule has 0 saturated carbocycles. The van der Waals surface area contributed by atoms with Gasteiger partial charge in [-0.3, -0.25) is 14.9 Å². The Morgan fingerprint density at radius 2 is 1.67 bits per heavy atom. The van der Waals surface area contributed by atoms with Gasteiger partial charge in [0.25, 0.3) is 0 Å². The van der Waals surface area contributed by atoms with E-state index in [1.807, 2.05) is 24.5 Å². The Kier molecular flexibility index (Phi) is 7.41. The minimum atomic E-state index is 0.428. The largest absolute Gasteiger partial charge is 0.317 e. The van der Waals surface area contributed by atoms with Crippen LogP contribution in [0.2, 0.25) is 0 Å².